The fourth-order valence-corrected chi connectivity index (χ4v) is 2.47. The minimum atomic E-state index is 0.673. The first kappa shape index (κ1) is 16.7. The summed E-state index contributed by atoms with van der Waals surface area (Å²) in [4.78, 5) is 12.9. The second-order valence-electron chi connectivity index (χ2n) is 5.72. The van der Waals surface area contributed by atoms with Crippen molar-refractivity contribution in [1.29, 1.82) is 0 Å². The average molecular weight is 335 g/mol. The molecule has 0 atom stereocenters. The number of pyridine rings is 1. The Morgan fingerprint density at radius 3 is 2.48 bits per heavy atom. The third kappa shape index (κ3) is 4.44. The van der Waals surface area contributed by atoms with Gasteiger partial charge in [0.2, 0.25) is 0 Å². The van der Waals surface area contributed by atoms with Crippen LogP contribution in [0.25, 0.3) is 0 Å². The molecule has 2 heterocycles. The van der Waals surface area contributed by atoms with Crippen molar-refractivity contribution in [2.45, 2.75) is 20.4 Å². The van der Waals surface area contributed by atoms with Crippen LogP contribution >= 0.6 is 0 Å². The molecule has 3 aromatic rings. The van der Waals surface area contributed by atoms with Gasteiger partial charge in [-0.3, -0.25) is 4.98 Å². The first-order valence-electron chi connectivity index (χ1n) is 8.04. The van der Waals surface area contributed by atoms with E-state index in [2.05, 4.69) is 25.6 Å². The molecule has 0 radical (unpaired) electrons. The van der Waals surface area contributed by atoms with Gasteiger partial charge in [-0.2, -0.15) is 0 Å². The van der Waals surface area contributed by atoms with Gasteiger partial charge in [-0.15, -0.1) is 0 Å². The van der Waals surface area contributed by atoms with Crippen LogP contribution in [0.2, 0.25) is 0 Å². The molecule has 1 aromatic carbocycles. The lowest BCUT2D eigenvalue weighted by atomic mass is 10.2. The van der Waals surface area contributed by atoms with Gasteiger partial charge >= 0.3 is 0 Å². The van der Waals surface area contributed by atoms with Crippen molar-refractivity contribution in [2.24, 2.45) is 0 Å². The number of anilines is 3. The van der Waals surface area contributed by atoms with E-state index in [0.717, 1.165) is 28.4 Å². The normalized spacial score (nSPS) is 10.4. The molecule has 3 rings (SSSR count). The molecular weight excluding hydrogens is 314 g/mol. The van der Waals surface area contributed by atoms with Crippen LogP contribution < -0.4 is 15.4 Å². The van der Waals surface area contributed by atoms with Gasteiger partial charge in [-0.05, 0) is 49.2 Å². The number of ether oxygens (including phenoxy) is 1. The highest BCUT2D eigenvalue weighted by atomic mass is 16.5. The van der Waals surface area contributed by atoms with Crippen molar-refractivity contribution in [1.82, 2.24) is 15.0 Å². The summed E-state index contributed by atoms with van der Waals surface area (Å²) in [6.07, 6.45) is 3.55. The van der Waals surface area contributed by atoms with E-state index < -0.39 is 0 Å². The van der Waals surface area contributed by atoms with Gasteiger partial charge in [0, 0.05) is 25.0 Å². The summed E-state index contributed by atoms with van der Waals surface area (Å²) in [6, 6.07) is 11.8. The number of hydrogen-bond acceptors (Lipinski definition) is 6. The van der Waals surface area contributed by atoms with Crippen LogP contribution in [0.5, 0.6) is 5.75 Å². The molecule has 0 saturated carbocycles. The standard InChI is InChI=1S/C19H21N5O/c1-13-4-5-17(25-3)16(10-13)24-19-11-18(22-14(2)23-19)21-12-15-6-8-20-9-7-15/h4-11H,12H2,1-3H3,(H2,21,22,23,24). The number of aromatic nitrogens is 3. The number of benzene rings is 1. The molecule has 2 aromatic heterocycles. The number of aryl methyl sites for hydroxylation is 2. The summed E-state index contributed by atoms with van der Waals surface area (Å²) in [5.74, 6) is 2.94. The SMILES string of the molecule is COc1ccc(C)cc1Nc1cc(NCc2ccncc2)nc(C)n1. The van der Waals surface area contributed by atoms with Crippen molar-refractivity contribution >= 4 is 17.3 Å². The Bertz CT molecular complexity index is 852. The highest BCUT2D eigenvalue weighted by Gasteiger charge is 2.07. The molecule has 0 spiro atoms. The molecule has 0 fully saturated rings. The maximum atomic E-state index is 5.41. The van der Waals surface area contributed by atoms with Gasteiger partial charge < -0.3 is 15.4 Å². The Morgan fingerprint density at radius 1 is 0.960 bits per heavy atom. The third-order valence-electron chi connectivity index (χ3n) is 3.68. The third-order valence-corrected chi connectivity index (χ3v) is 3.68. The molecule has 6 heteroatoms. The van der Waals surface area contributed by atoms with Gasteiger partial charge in [0.05, 0.1) is 12.8 Å². The maximum Gasteiger partial charge on any atom is 0.142 e. The molecule has 0 unspecified atom stereocenters. The van der Waals surface area contributed by atoms with Crippen LogP contribution in [0.3, 0.4) is 0 Å². The molecule has 0 amide bonds. The lowest BCUT2D eigenvalue weighted by Gasteiger charge is -2.13. The van der Waals surface area contributed by atoms with Crippen molar-refractivity contribution in [2.75, 3.05) is 17.7 Å². The second-order valence-corrected chi connectivity index (χ2v) is 5.72. The van der Waals surface area contributed by atoms with Crippen LogP contribution in [-0.4, -0.2) is 22.1 Å². The topological polar surface area (TPSA) is 72.0 Å². The fourth-order valence-electron chi connectivity index (χ4n) is 2.47. The van der Waals surface area contributed by atoms with E-state index in [1.165, 1.54) is 0 Å². The van der Waals surface area contributed by atoms with E-state index in [9.17, 15) is 0 Å². The zero-order chi connectivity index (χ0) is 17.6. The predicted molar refractivity (Wildman–Crippen MR) is 99.3 cm³/mol. The first-order valence-corrected chi connectivity index (χ1v) is 8.04. The molecule has 128 valence electrons. The number of nitrogens with zero attached hydrogens (tertiary/aromatic N) is 3. The molecule has 0 aliphatic carbocycles. The summed E-state index contributed by atoms with van der Waals surface area (Å²) in [5.41, 5.74) is 3.16. The highest BCUT2D eigenvalue weighted by molar-refractivity contribution is 5.66. The summed E-state index contributed by atoms with van der Waals surface area (Å²) < 4.78 is 5.41. The molecule has 0 saturated heterocycles. The average Bonchev–Trinajstić information content (AvgIpc) is 2.61. The van der Waals surface area contributed by atoms with Gasteiger partial charge in [0.25, 0.3) is 0 Å². The Morgan fingerprint density at radius 2 is 1.72 bits per heavy atom. The van der Waals surface area contributed by atoms with E-state index in [1.54, 1.807) is 19.5 Å². The number of nitrogens with one attached hydrogen (secondary N) is 2. The van der Waals surface area contributed by atoms with E-state index >= 15 is 0 Å². The van der Waals surface area contributed by atoms with E-state index in [1.807, 2.05) is 50.2 Å². The van der Waals surface area contributed by atoms with Crippen molar-refractivity contribution < 1.29 is 4.74 Å². The van der Waals surface area contributed by atoms with Crippen molar-refractivity contribution in [3.8, 4) is 5.75 Å². The molecule has 0 aliphatic heterocycles. The van der Waals surface area contributed by atoms with Crippen LogP contribution in [0.1, 0.15) is 17.0 Å². The van der Waals surface area contributed by atoms with E-state index in [4.69, 9.17) is 4.74 Å². The van der Waals surface area contributed by atoms with Gasteiger partial charge in [0.15, 0.2) is 0 Å². The van der Waals surface area contributed by atoms with E-state index in [0.29, 0.717) is 18.2 Å². The minimum absolute atomic E-state index is 0.673. The first-order chi connectivity index (χ1) is 12.1. The van der Waals surface area contributed by atoms with Crippen LogP contribution in [0.4, 0.5) is 17.3 Å². The lowest BCUT2D eigenvalue weighted by Crippen LogP contribution is -2.05. The molecular formula is C19H21N5O. The van der Waals surface area contributed by atoms with Crippen molar-refractivity contribution in [3.63, 3.8) is 0 Å². The second kappa shape index (κ2) is 7.61. The lowest BCUT2D eigenvalue weighted by molar-refractivity contribution is 0.416. The summed E-state index contributed by atoms with van der Waals surface area (Å²) in [5, 5.41) is 6.64. The molecule has 0 bridgehead atoms. The Kier molecular flexibility index (Phi) is 5.09. The fraction of sp³-hybridized carbons (Fsp3) is 0.211. The Balaban J connectivity index is 1.79. The molecule has 0 aliphatic rings. The quantitative estimate of drug-likeness (QED) is 0.713. The Labute approximate surface area is 147 Å². The number of hydrogen-bond donors (Lipinski definition) is 2. The summed E-state index contributed by atoms with van der Waals surface area (Å²) in [7, 11) is 1.66. The van der Waals surface area contributed by atoms with Crippen LogP contribution in [0, 0.1) is 13.8 Å². The number of rotatable bonds is 6. The molecule has 6 nitrogen and oxygen atoms in total. The smallest absolute Gasteiger partial charge is 0.142 e. The van der Waals surface area contributed by atoms with Gasteiger partial charge in [-0.25, -0.2) is 9.97 Å². The highest BCUT2D eigenvalue weighted by Crippen LogP contribution is 2.28. The largest absolute Gasteiger partial charge is 0.495 e. The Hall–Kier alpha value is -3.15. The minimum Gasteiger partial charge on any atom is -0.495 e. The van der Waals surface area contributed by atoms with Gasteiger partial charge in [-0.1, -0.05) is 6.07 Å². The summed E-state index contributed by atoms with van der Waals surface area (Å²) >= 11 is 0. The monoisotopic (exact) mass is 335 g/mol. The van der Waals surface area contributed by atoms with Crippen molar-refractivity contribution in [3.05, 3.63) is 65.7 Å². The maximum absolute atomic E-state index is 5.41. The van der Waals surface area contributed by atoms with Gasteiger partial charge in [0.1, 0.15) is 23.2 Å². The van der Waals surface area contributed by atoms with Crippen LogP contribution in [-0.2, 0) is 6.54 Å². The zero-order valence-corrected chi connectivity index (χ0v) is 14.6. The molecule has 2 N–H and O–H groups in total. The van der Waals surface area contributed by atoms with Crippen LogP contribution in [0.15, 0.2) is 48.8 Å². The molecule has 25 heavy (non-hydrogen) atoms. The van der Waals surface area contributed by atoms with E-state index in [-0.39, 0.29) is 0 Å². The zero-order valence-electron chi connectivity index (χ0n) is 14.6. The number of methoxy groups -OCH3 is 1. The summed E-state index contributed by atoms with van der Waals surface area (Å²) in [6.45, 7) is 4.58. The predicted octanol–water partition coefficient (Wildman–Crippen LogP) is 3.85.